The van der Waals surface area contributed by atoms with Gasteiger partial charge in [-0.05, 0) is 0 Å². The van der Waals surface area contributed by atoms with Gasteiger partial charge in [-0.2, -0.15) is 0 Å². The zero-order chi connectivity index (χ0) is 7.86. The largest absolute Gasteiger partial charge is 0.265 e. The molecule has 0 bridgehead atoms. The lowest BCUT2D eigenvalue weighted by Crippen LogP contribution is -1.92. The molecule has 0 aliphatic carbocycles. The lowest BCUT2D eigenvalue weighted by atomic mass is 10.8. The number of nitro groups is 1. The van der Waals surface area contributed by atoms with Crippen LogP contribution < -0.4 is 0 Å². The Kier molecular flexibility index (Phi) is 11.0. The minimum absolute atomic E-state index is 0.0278. The van der Waals surface area contributed by atoms with Crippen LogP contribution in [-0.2, 0) is 0 Å². The monoisotopic (exact) mass is 193 g/mol. The molecule has 0 aromatic heterocycles. The molecular formula is C3H6Cl3NO2. The summed E-state index contributed by atoms with van der Waals surface area (Å²) >= 11 is 14.4. The SMILES string of the molecule is CC[N+](=O)[O-].ClC(Cl)Cl. The molecular weight excluding hydrogens is 188 g/mol. The first kappa shape index (κ1) is 12.0. The first-order valence-corrected chi connectivity index (χ1v) is 3.35. The van der Waals surface area contributed by atoms with Crippen molar-refractivity contribution in [3.63, 3.8) is 0 Å². The maximum absolute atomic E-state index is 9.17. The Morgan fingerprint density at radius 3 is 1.67 bits per heavy atom. The lowest BCUT2D eigenvalue weighted by molar-refractivity contribution is -0.475. The molecule has 0 unspecified atom stereocenters. The quantitative estimate of drug-likeness (QED) is 0.365. The van der Waals surface area contributed by atoms with Crippen molar-refractivity contribution in [3.8, 4) is 0 Å². The van der Waals surface area contributed by atoms with Crippen LogP contribution in [-0.4, -0.2) is 15.8 Å². The Balaban J connectivity index is 0. The van der Waals surface area contributed by atoms with Gasteiger partial charge in [-0.3, -0.25) is 10.1 Å². The van der Waals surface area contributed by atoms with Crippen LogP contribution in [0.25, 0.3) is 0 Å². The number of alkyl halides is 3. The molecule has 0 rings (SSSR count). The summed E-state index contributed by atoms with van der Waals surface area (Å²) in [5, 5.41) is 9.17. The van der Waals surface area contributed by atoms with E-state index >= 15 is 0 Å². The Hall–Kier alpha value is 0.270. The Labute approximate surface area is 68.0 Å². The fraction of sp³-hybridized carbons (Fsp3) is 1.00. The highest BCUT2D eigenvalue weighted by Gasteiger charge is 1.79. The molecule has 0 aromatic rings. The van der Waals surface area contributed by atoms with E-state index in [4.69, 9.17) is 34.8 Å². The number of halogens is 3. The number of hydrogen-bond donors (Lipinski definition) is 0. The van der Waals surface area contributed by atoms with Gasteiger partial charge in [0.25, 0.3) is 0 Å². The van der Waals surface area contributed by atoms with Gasteiger partial charge in [0.1, 0.15) is 0 Å². The van der Waals surface area contributed by atoms with Crippen molar-refractivity contribution in [3.05, 3.63) is 10.1 Å². The normalized spacial score (nSPS) is 8.11. The third-order valence-corrected chi connectivity index (χ3v) is 0.258. The van der Waals surface area contributed by atoms with Crippen molar-refractivity contribution < 1.29 is 4.92 Å². The fourth-order valence-electron chi connectivity index (χ4n) is 0. The Morgan fingerprint density at radius 1 is 1.56 bits per heavy atom. The smallest absolute Gasteiger partial charge is 0.201 e. The second-order valence-corrected chi connectivity index (χ2v) is 2.88. The van der Waals surface area contributed by atoms with Crippen LogP contribution in [0.15, 0.2) is 0 Å². The van der Waals surface area contributed by atoms with Crippen molar-refractivity contribution in [2.45, 2.75) is 11.2 Å². The van der Waals surface area contributed by atoms with E-state index in [1.165, 1.54) is 6.92 Å². The molecule has 9 heavy (non-hydrogen) atoms. The van der Waals surface area contributed by atoms with Gasteiger partial charge in [0.2, 0.25) is 6.54 Å². The summed E-state index contributed by atoms with van der Waals surface area (Å²) in [6.07, 6.45) is 0. The average Bonchev–Trinajstić information content (AvgIpc) is 1.65. The standard InChI is InChI=1S/C2H5NO2.CHCl3/c1-2-3(4)5;2-1(3)4/h2H2,1H3;1H. The summed E-state index contributed by atoms with van der Waals surface area (Å²) in [4.78, 5) is 8.80. The molecule has 0 heterocycles. The van der Waals surface area contributed by atoms with Gasteiger partial charge in [0.05, 0.1) is 0 Å². The van der Waals surface area contributed by atoms with Gasteiger partial charge in [-0.15, -0.1) is 0 Å². The number of rotatable bonds is 1. The summed E-state index contributed by atoms with van der Waals surface area (Å²) < 4.78 is -0.750. The zero-order valence-corrected chi connectivity index (χ0v) is 6.95. The lowest BCUT2D eigenvalue weighted by Gasteiger charge is -1.73. The molecule has 0 aliphatic heterocycles. The molecule has 0 aliphatic rings. The molecule has 0 spiro atoms. The summed E-state index contributed by atoms with van der Waals surface area (Å²) in [7, 11) is 0. The molecule has 0 N–H and O–H groups in total. The van der Waals surface area contributed by atoms with E-state index in [0.29, 0.717) is 0 Å². The van der Waals surface area contributed by atoms with Gasteiger partial charge in [-0.1, -0.05) is 34.8 Å². The second-order valence-electron chi connectivity index (χ2n) is 0.896. The van der Waals surface area contributed by atoms with Crippen LogP contribution in [0.3, 0.4) is 0 Å². The highest BCUT2D eigenvalue weighted by Crippen LogP contribution is 2.03. The molecule has 0 fully saturated rings. The molecule has 0 amide bonds. The zero-order valence-electron chi connectivity index (χ0n) is 4.68. The summed E-state index contributed by atoms with van der Waals surface area (Å²) in [5.41, 5.74) is 0. The minimum atomic E-state index is -0.750. The molecule has 0 saturated heterocycles. The van der Waals surface area contributed by atoms with Crippen molar-refractivity contribution in [1.82, 2.24) is 0 Å². The van der Waals surface area contributed by atoms with Gasteiger partial charge in [0, 0.05) is 11.8 Å². The number of hydrogen-bond acceptors (Lipinski definition) is 2. The predicted octanol–water partition coefficient (Wildman–Crippen LogP) is 2.27. The van der Waals surface area contributed by atoms with E-state index in [-0.39, 0.29) is 11.5 Å². The van der Waals surface area contributed by atoms with Crippen molar-refractivity contribution in [1.29, 1.82) is 0 Å². The van der Waals surface area contributed by atoms with Gasteiger partial charge >= 0.3 is 0 Å². The van der Waals surface area contributed by atoms with Crippen molar-refractivity contribution >= 4 is 34.8 Å². The fourth-order valence-corrected chi connectivity index (χ4v) is 0. The maximum Gasteiger partial charge on any atom is 0.201 e. The van der Waals surface area contributed by atoms with Crippen LogP contribution in [0.5, 0.6) is 0 Å². The van der Waals surface area contributed by atoms with Gasteiger partial charge in [0.15, 0.2) is 4.30 Å². The molecule has 0 radical (unpaired) electrons. The molecule has 0 aromatic carbocycles. The first-order valence-electron chi connectivity index (χ1n) is 2.04. The summed E-state index contributed by atoms with van der Waals surface area (Å²) in [6, 6.07) is 0. The van der Waals surface area contributed by atoms with E-state index in [1.54, 1.807) is 0 Å². The van der Waals surface area contributed by atoms with E-state index in [0.717, 1.165) is 0 Å². The molecule has 3 nitrogen and oxygen atoms in total. The van der Waals surface area contributed by atoms with E-state index in [1.807, 2.05) is 0 Å². The van der Waals surface area contributed by atoms with Crippen LogP contribution >= 0.6 is 34.8 Å². The van der Waals surface area contributed by atoms with Crippen LogP contribution in [0.1, 0.15) is 6.92 Å². The van der Waals surface area contributed by atoms with Crippen molar-refractivity contribution in [2.75, 3.05) is 6.54 Å². The third kappa shape index (κ3) is 63.1. The highest BCUT2D eigenvalue weighted by atomic mass is 35.6. The predicted molar refractivity (Wildman–Crippen MR) is 38.9 cm³/mol. The molecule has 6 heteroatoms. The third-order valence-electron chi connectivity index (χ3n) is 0.258. The first-order chi connectivity index (χ1) is 4.00. The van der Waals surface area contributed by atoms with Crippen LogP contribution in [0.4, 0.5) is 0 Å². The van der Waals surface area contributed by atoms with Crippen molar-refractivity contribution in [2.24, 2.45) is 0 Å². The van der Waals surface area contributed by atoms with Gasteiger partial charge in [-0.25, -0.2) is 0 Å². The molecule has 56 valence electrons. The number of nitrogens with zero attached hydrogens (tertiary/aromatic N) is 1. The Morgan fingerprint density at radius 2 is 1.67 bits per heavy atom. The maximum atomic E-state index is 9.17. The molecule has 0 saturated carbocycles. The average molecular weight is 194 g/mol. The summed E-state index contributed by atoms with van der Waals surface area (Å²) in [5.74, 6) is 0. The van der Waals surface area contributed by atoms with Crippen LogP contribution in [0.2, 0.25) is 0 Å². The van der Waals surface area contributed by atoms with E-state index in [9.17, 15) is 10.1 Å². The topological polar surface area (TPSA) is 43.1 Å². The second kappa shape index (κ2) is 8.27. The summed E-state index contributed by atoms with van der Waals surface area (Å²) in [6.45, 7) is 1.53. The molecule has 0 atom stereocenters. The highest BCUT2D eigenvalue weighted by molar-refractivity contribution is 6.63. The van der Waals surface area contributed by atoms with E-state index in [2.05, 4.69) is 0 Å². The van der Waals surface area contributed by atoms with Gasteiger partial charge < -0.3 is 0 Å². The van der Waals surface area contributed by atoms with Crippen LogP contribution in [0, 0.1) is 10.1 Å². The minimum Gasteiger partial charge on any atom is -0.265 e. The van der Waals surface area contributed by atoms with E-state index < -0.39 is 4.30 Å². The Bertz CT molecular complexity index is 74.7.